The minimum Gasteiger partial charge on any atom is -0.454 e. The Balaban J connectivity index is 2.25. The zero-order chi connectivity index (χ0) is 19.2. The van der Waals surface area contributed by atoms with Crippen LogP contribution in [0.5, 0.6) is 0 Å². The van der Waals surface area contributed by atoms with E-state index in [0.717, 1.165) is 0 Å². The van der Waals surface area contributed by atoms with Crippen LogP contribution < -0.4 is 9.86 Å². The summed E-state index contributed by atoms with van der Waals surface area (Å²) in [6.07, 6.45) is -2.26. The van der Waals surface area contributed by atoms with Crippen molar-refractivity contribution < 1.29 is 27.1 Å². The lowest BCUT2D eigenvalue weighted by molar-refractivity contribution is -0.161. The molecule has 2 atom stereocenters. The molecule has 0 spiro atoms. The fourth-order valence-electron chi connectivity index (χ4n) is 2.34. The third-order valence-corrected chi connectivity index (χ3v) is 4.10. The maximum atomic E-state index is 14.1. The van der Waals surface area contributed by atoms with Crippen LogP contribution in [0.1, 0.15) is 23.3 Å². The molecule has 2 aromatic carbocycles. The number of carbonyl (C=O) groups excluding carboxylic acids is 1. The lowest BCUT2D eigenvalue weighted by Gasteiger charge is -2.22. The molecule has 0 saturated carbocycles. The Kier molecular flexibility index (Phi) is 6.81. The van der Waals surface area contributed by atoms with Crippen molar-refractivity contribution in [1.29, 1.82) is 0 Å². The lowest BCUT2D eigenvalue weighted by atomic mass is 10.1. The van der Waals surface area contributed by atoms with Crippen molar-refractivity contribution in [2.24, 2.45) is 5.14 Å². The molecule has 0 aliphatic carbocycles. The molecule has 0 heterocycles. The topological polar surface area (TPSA) is 108 Å². The van der Waals surface area contributed by atoms with Gasteiger partial charge < -0.3 is 9.47 Å². The Hall–Kier alpha value is -2.33. The molecular weight excluding hydrogens is 363 g/mol. The maximum absolute atomic E-state index is 14.1. The predicted molar refractivity (Wildman–Crippen MR) is 92.5 cm³/mol. The van der Waals surface area contributed by atoms with E-state index >= 15 is 0 Å². The van der Waals surface area contributed by atoms with Crippen LogP contribution in [0.3, 0.4) is 0 Å². The van der Waals surface area contributed by atoms with Crippen molar-refractivity contribution in [3.63, 3.8) is 0 Å². The van der Waals surface area contributed by atoms with Gasteiger partial charge >= 0.3 is 5.97 Å². The van der Waals surface area contributed by atoms with E-state index in [1.807, 2.05) is 4.72 Å². The number of carbonyl (C=O) groups is 1. The van der Waals surface area contributed by atoms with Crippen molar-refractivity contribution in [1.82, 2.24) is 4.72 Å². The molecule has 7 nitrogen and oxygen atoms in total. The summed E-state index contributed by atoms with van der Waals surface area (Å²) in [6.45, 7) is -0.420. The first-order chi connectivity index (χ1) is 12.3. The Morgan fingerprint density at radius 1 is 1.15 bits per heavy atom. The van der Waals surface area contributed by atoms with E-state index in [4.69, 9.17) is 14.6 Å². The highest BCUT2D eigenvalue weighted by atomic mass is 32.2. The molecule has 0 unspecified atom stereocenters. The summed E-state index contributed by atoms with van der Waals surface area (Å²) in [5.74, 6) is -1.43. The molecule has 0 aliphatic heterocycles. The second-order valence-electron chi connectivity index (χ2n) is 5.37. The van der Waals surface area contributed by atoms with Crippen LogP contribution in [-0.4, -0.2) is 28.0 Å². The molecule has 3 N–H and O–H groups in total. The van der Waals surface area contributed by atoms with Gasteiger partial charge in [-0.25, -0.2) is 14.3 Å². The average Bonchev–Trinajstić information content (AvgIpc) is 2.60. The number of hydrogen-bond donors (Lipinski definition) is 2. The third-order valence-electron chi connectivity index (χ3n) is 3.53. The lowest BCUT2D eigenvalue weighted by Crippen LogP contribution is -2.36. The summed E-state index contributed by atoms with van der Waals surface area (Å²) in [5.41, 5.74) is 0.562. The van der Waals surface area contributed by atoms with Gasteiger partial charge in [0.05, 0.1) is 6.54 Å². The first kappa shape index (κ1) is 20.0. The monoisotopic (exact) mass is 382 g/mol. The van der Waals surface area contributed by atoms with E-state index in [9.17, 15) is 17.6 Å². The van der Waals surface area contributed by atoms with Crippen LogP contribution in [0.25, 0.3) is 0 Å². The standard InChI is InChI=1S/C17H19FN2O5S/c1-24-16(12-7-3-2-4-8-12)17(21)25-15(11-20-26(19,22)23)13-9-5-6-10-14(13)18/h2-10,15-16,20H,11H2,1H3,(H2,19,22,23)/t15-,16-/m0/s1. The smallest absolute Gasteiger partial charge is 0.340 e. The molecular formula is C17H19FN2O5S. The highest BCUT2D eigenvalue weighted by molar-refractivity contribution is 7.87. The summed E-state index contributed by atoms with van der Waals surface area (Å²) in [4.78, 5) is 12.5. The Labute approximate surface area is 151 Å². The van der Waals surface area contributed by atoms with Crippen LogP contribution >= 0.6 is 0 Å². The minimum absolute atomic E-state index is 0.0138. The molecule has 0 aliphatic rings. The van der Waals surface area contributed by atoms with Gasteiger partial charge in [-0.3, -0.25) is 0 Å². The van der Waals surface area contributed by atoms with Crippen molar-refractivity contribution in [2.75, 3.05) is 13.7 Å². The van der Waals surface area contributed by atoms with Gasteiger partial charge in [-0.1, -0.05) is 48.5 Å². The normalized spacial score (nSPS) is 13.8. The molecule has 0 aromatic heterocycles. The van der Waals surface area contributed by atoms with Gasteiger partial charge in [-0.15, -0.1) is 0 Å². The summed E-state index contributed by atoms with van der Waals surface area (Å²) in [6, 6.07) is 14.2. The minimum atomic E-state index is -4.05. The van der Waals surface area contributed by atoms with Gasteiger partial charge in [0.2, 0.25) is 0 Å². The predicted octanol–water partition coefficient (Wildman–Crippen LogP) is 1.59. The Bertz CT molecular complexity index is 845. The SMILES string of the molecule is CO[C@H](C(=O)O[C@@H](CNS(N)(=O)=O)c1ccccc1F)c1ccccc1. The van der Waals surface area contributed by atoms with E-state index in [1.165, 1.54) is 25.3 Å². The largest absolute Gasteiger partial charge is 0.454 e. The fraction of sp³-hybridized carbons (Fsp3) is 0.235. The van der Waals surface area contributed by atoms with Gasteiger partial charge in [0.1, 0.15) is 11.9 Å². The first-order valence-electron chi connectivity index (χ1n) is 7.62. The Morgan fingerprint density at radius 3 is 2.35 bits per heavy atom. The van der Waals surface area contributed by atoms with Gasteiger partial charge in [0, 0.05) is 12.7 Å². The van der Waals surface area contributed by atoms with Gasteiger partial charge in [-0.2, -0.15) is 13.1 Å². The van der Waals surface area contributed by atoms with E-state index < -0.39 is 40.7 Å². The zero-order valence-corrected chi connectivity index (χ0v) is 14.8. The number of rotatable bonds is 8. The molecule has 0 fully saturated rings. The molecule has 0 saturated heterocycles. The quantitative estimate of drug-likeness (QED) is 0.674. The van der Waals surface area contributed by atoms with Crippen molar-refractivity contribution in [2.45, 2.75) is 12.2 Å². The number of methoxy groups -OCH3 is 1. The third kappa shape index (κ3) is 5.60. The van der Waals surface area contributed by atoms with Crippen LogP contribution in [0.15, 0.2) is 54.6 Å². The molecule has 0 bridgehead atoms. The van der Waals surface area contributed by atoms with Crippen LogP contribution in [0.2, 0.25) is 0 Å². The highest BCUT2D eigenvalue weighted by Gasteiger charge is 2.27. The summed E-state index contributed by atoms with van der Waals surface area (Å²) < 4.78 is 48.9. The van der Waals surface area contributed by atoms with Gasteiger partial charge in [-0.05, 0) is 11.6 Å². The van der Waals surface area contributed by atoms with E-state index in [2.05, 4.69) is 0 Å². The average molecular weight is 382 g/mol. The zero-order valence-electron chi connectivity index (χ0n) is 14.0. The summed E-state index contributed by atoms with van der Waals surface area (Å²) in [5, 5.41) is 4.91. The number of nitrogens with two attached hydrogens (primary N) is 1. The van der Waals surface area contributed by atoms with E-state index in [1.54, 1.807) is 36.4 Å². The van der Waals surface area contributed by atoms with Gasteiger partial charge in [0.15, 0.2) is 6.10 Å². The van der Waals surface area contributed by atoms with Crippen molar-refractivity contribution in [3.05, 3.63) is 71.5 Å². The number of hydrogen-bond acceptors (Lipinski definition) is 5. The van der Waals surface area contributed by atoms with Crippen LogP contribution in [-0.2, 0) is 24.5 Å². The Morgan fingerprint density at radius 2 is 1.77 bits per heavy atom. The second-order valence-corrected chi connectivity index (χ2v) is 6.75. The maximum Gasteiger partial charge on any atom is 0.340 e. The van der Waals surface area contributed by atoms with Crippen LogP contribution in [0, 0.1) is 5.82 Å². The number of halogens is 1. The second kappa shape index (κ2) is 8.86. The molecule has 2 rings (SSSR count). The molecule has 26 heavy (non-hydrogen) atoms. The molecule has 140 valence electrons. The van der Waals surface area contributed by atoms with Crippen molar-refractivity contribution in [3.8, 4) is 0 Å². The molecule has 9 heteroatoms. The van der Waals surface area contributed by atoms with Gasteiger partial charge in [0.25, 0.3) is 10.2 Å². The van der Waals surface area contributed by atoms with Crippen LogP contribution in [0.4, 0.5) is 4.39 Å². The first-order valence-corrected chi connectivity index (χ1v) is 9.16. The van der Waals surface area contributed by atoms with Crippen molar-refractivity contribution >= 4 is 16.2 Å². The number of ether oxygens (including phenoxy) is 2. The summed E-state index contributed by atoms with van der Waals surface area (Å²) in [7, 11) is -2.72. The molecule has 0 amide bonds. The molecule has 2 aromatic rings. The molecule has 0 radical (unpaired) electrons. The summed E-state index contributed by atoms with van der Waals surface area (Å²) >= 11 is 0. The number of nitrogens with one attached hydrogen (secondary N) is 1. The number of esters is 1. The van der Waals surface area contributed by atoms with E-state index in [-0.39, 0.29) is 5.56 Å². The van der Waals surface area contributed by atoms with E-state index in [0.29, 0.717) is 5.56 Å². The number of benzene rings is 2. The fourth-order valence-corrected chi connectivity index (χ4v) is 2.73. The highest BCUT2D eigenvalue weighted by Crippen LogP contribution is 2.25.